The van der Waals surface area contributed by atoms with E-state index < -0.39 is 0 Å². The molecule has 1 aliphatic heterocycles. The van der Waals surface area contributed by atoms with Crippen LogP contribution in [0, 0.1) is 5.92 Å². The van der Waals surface area contributed by atoms with Crippen LogP contribution in [-0.2, 0) is 0 Å². The minimum Gasteiger partial charge on any atom is -0.437 e. The fraction of sp³-hybridized carbons (Fsp3) is 0.545. The van der Waals surface area contributed by atoms with Crippen LogP contribution >= 0.6 is 0 Å². The van der Waals surface area contributed by atoms with Crippen molar-refractivity contribution in [2.45, 2.75) is 20.3 Å². The third-order valence-corrected chi connectivity index (χ3v) is 2.67. The van der Waals surface area contributed by atoms with Crippen LogP contribution in [0.15, 0.2) is 16.5 Å². The second kappa shape index (κ2) is 3.48. The molecule has 1 atom stereocenters. The highest BCUT2D eigenvalue weighted by atomic mass is 16.4. The first kappa shape index (κ1) is 9.31. The standard InChI is InChI=1S/C11H15NO2/c1-8-5-6-12(7-8)11-4-3-10(14-11)9(2)13/h3-4,8H,5-7H2,1-2H3. The molecule has 0 spiro atoms. The third kappa shape index (κ3) is 1.67. The van der Waals surface area contributed by atoms with Crippen molar-refractivity contribution < 1.29 is 9.21 Å². The molecule has 14 heavy (non-hydrogen) atoms. The van der Waals surface area contributed by atoms with Gasteiger partial charge in [0.2, 0.25) is 0 Å². The minimum absolute atomic E-state index is 0.0107. The number of carbonyl (C=O) groups excluding carboxylic acids is 1. The Kier molecular flexibility index (Phi) is 2.32. The Balaban J connectivity index is 2.13. The Hall–Kier alpha value is -1.25. The van der Waals surface area contributed by atoms with Gasteiger partial charge in [0.15, 0.2) is 17.4 Å². The van der Waals surface area contributed by atoms with E-state index in [1.165, 1.54) is 13.3 Å². The molecule has 0 saturated carbocycles. The van der Waals surface area contributed by atoms with E-state index in [2.05, 4.69) is 11.8 Å². The van der Waals surface area contributed by atoms with Gasteiger partial charge in [-0.15, -0.1) is 0 Å². The van der Waals surface area contributed by atoms with Gasteiger partial charge in [-0.25, -0.2) is 0 Å². The zero-order valence-electron chi connectivity index (χ0n) is 8.62. The highest BCUT2D eigenvalue weighted by Gasteiger charge is 2.21. The van der Waals surface area contributed by atoms with Gasteiger partial charge < -0.3 is 9.32 Å². The summed E-state index contributed by atoms with van der Waals surface area (Å²) in [6.45, 7) is 5.82. The van der Waals surface area contributed by atoms with Crippen molar-refractivity contribution in [2.75, 3.05) is 18.0 Å². The SMILES string of the molecule is CC(=O)c1ccc(N2CCC(C)C2)o1. The molecule has 3 nitrogen and oxygen atoms in total. The maximum atomic E-state index is 11.0. The van der Waals surface area contributed by atoms with Gasteiger partial charge >= 0.3 is 0 Å². The number of hydrogen-bond donors (Lipinski definition) is 0. The monoisotopic (exact) mass is 193 g/mol. The molecule has 0 N–H and O–H groups in total. The van der Waals surface area contributed by atoms with Crippen LogP contribution in [0.4, 0.5) is 5.88 Å². The van der Waals surface area contributed by atoms with Crippen LogP contribution in [0.2, 0.25) is 0 Å². The Morgan fingerprint density at radius 1 is 1.57 bits per heavy atom. The van der Waals surface area contributed by atoms with E-state index >= 15 is 0 Å². The number of hydrogen-bond acceptors (Lipinski definition) is 3. The fourth-order valence-electron chi connectivity index (χ4n) is 1.82. The summed E-state index contributed by atoms with van der Waals surface area (Å²) in [6, 6.07) is 3.63. The van der Waals surface area contributed by atoms with E-state index in [-0.39, 0.29) is 5.78 Å². The lowest BCUT2D eigenvalue weighted by molar-refractivity contribution is 0.0988. The van der Waals surface area contributed by atoms with Gasteiger partial charge in [-0.2, -0.15) is 0 Å². The molecule has 1 aliphatic rings. The quantitative estimate of drug-likeness (QED) is 0.676. The minimum atomic E-state index is -0.0107. The summed E-state index contributed by atoms with van der Waals surface area (Å²) in [5, 5.41) is 0. The zero-order chi connectivity index (χ0) is 10.1. The van der Waals surface area contributed by atoms with Gasteiger partial charge in [-0.1, -0.05) is 6.92 Å². The van der Waals surface area contributed by atoms with Crippen molar-refractivity contribution in [1.82, 2.24) is 0 Å². The van der Waals surface area contributed by atoms with Gasteiger partial charge in [-0.05, 0) is 18.4 Å². The summed E-state index contributed by atoms with van der Waals surface area (Å²) >= 11 is 0. The van der Waals surface area contributed by atoms with Gasteiger partial charge in [-0.3, -0.25) is 4.79 Å². The first-order chi connectivity index (χ1) is 6.66. The van der Waals surface area contributed by atoms with E-state index in [1.807, 2.05) is 6.07 Å². The van der Waals surface area contributed by atoms with Crippen LogP contribution in [0.25, 0.3) is 0 Å². The molecule has 1 aromatic heterocycles. The second-order valence-electron chi connectivity index (χ2n) is 4.03. The zero-order valence-corrected chi connectivity index (χ0v) is 8.62. The smallest absolute Gasteiger partial charge is 0.196 e. The molecule has 1 saturated heterocycles. The summed E-state index contributed by atoms with van der Waals surface area (Å²) in [6.07, 6.45) is 1.20. The Labute approximate surface area is 83.7 Å². The molecular weight excluding hydrogens is 178 g/mol. The first-order valence-corrected chi connectivity index (χ1v) is 5.02. The number of carbonyl (C=O) groups is 1. The molecule has 76 valence electrons. The molecule has 1 aromatic rings. The molecule has 3 heteroatoms. The number of anilines is 1. The van der Waals surface area contributed by atoms with E-state index in [0.29, 0.717) is 5.76 Å². The highest BCUT2D eigenvalue weighted by Crippen LogP contribution is 2.25. The van der Waals surface area contributed by atoms with Crippen molar-refractivity contribution in [2.24, 2.45) is 5.92 Å². The fourth-order valence-corrected chi connectivity index (χ4v) is 1.82. The first-order valence-electron chi connectivity index (χ1n) is 5.02. The molecule has 0 amide bonds. The maximum absolute atomic E-state index is 11.0. The molecule has 0 aromatic carbocycles. The highest BCUT2D eigenvalue weighted by molar-refractivity contribution is 5.91. The largest absolute Gasteiger partial charge is 0.437 e. The predicted octanol–water partition coefficient (Wildman–Crippen LogP) is 2.33. The van der Waals surface area contributed by atoms with Crippen LogP contribution in [0.3, 0.4) is 0 Å². The Morgan fingerprint density at radius 3 is 2.86 bits per heavy atom. The molecule has 2 heterocycles. The van der Waals surface area contributed by atoms with Gasteiger partial charge in [0.1, 0.15) is 0 Å². The van der Waals surface area contributed by atoms with Crippen molar-refractivity contribution in [3.05, 3.63) is 17.9 Å². The molecule has 0 radical (unpaired) electrons. The number of Topliss-reactive ketones (excluding diaryl/α,β-unsaturated/α-hetero) is 1. The van der Waals surface area contributed by atoms with E-state index in [1.54, 1.807) is 6.07 Å². The molecule has 0 bridgehead atoms. The van der Waals surface area contributed by atoms with Crippen molar-refractivity contribution in [1.29, 1.82) is 0 Å². The molecule has 1 fully saturated rings. The molecule has 1 unspecified atom stereocenters. The average Bonchev–Trinajstić information content (AvgIpc) is 2.70. The number of furan rings is 1. The molecule has 2 rings (SSSR count). The summed E-state index contributed by atoms with van der Waals surface area (Å²) < 4.78 is 5.45. The summed E-state index contributed by atoms with van der Waals surface area (Å²) in [7, 11) is 0. The number of rotatable bonds is 2. The summed E-state index contributed by atoms with van der Waals surface area (Å²) in [5.41, 5.74) is 0. The van der Waals surface area contributed by atoms with Crippen LogP contribution in [-0.4, -0.2) is 18.9 Å². The Morgan fingerprint density at radius 2 is 2.36 bits per heavy atom. The van der Waals surface area contributed by atoms with Crippen molar-refractivity contribution in [3.8, 4) is 0 Å². The van der Waals surface area contributed by atoms with Crippen molar-refractivity contribution in [3.63, 3.8) is 0 Å². The molecule has 0 aliphatic carbocycles. The molecular formula is C11H15NO2. The van der Waals surface area contributed by atoms with Gasteiger partial charge in [0.05, 0.1) is 0 Å². The number of nitrogens with zero attached hydrogens (tertiary/aromatic N) is 1. The van der Waals surface area contributed by atoms with Crippen LogP contribution in [0.5, 0.6) is 0 Å². The normalized spacial score (nSPS) is 21.6. The third-order valence-electron chi connectivity index (χ3n) is 2.67. The summed E-state index contributed by atoms with van der Waals surface area (Å²) in [4.78, 5) is 13.2. The topological polar surface area (TPSA) is 33.5 Å². The van der Waals surface area contributed by atoms with E-state index in [4.69, 9.17) is 4.42 Å². The lowest BCUT2D eigenvalue weighted by atomic mass is 10.2. The average molecular weight is 193 g/mol. The van der Waals surface area contributed by atoms with Gasteiger partial charge in [0, 0.05) is 26.1 Å². The van der Waals surface area contributed by atoms with Crippen LogP contribution in [0.1, 0.15) is 30.8 Å². The number of ketones is 1. The lowest BCUT2D eigenvalue weighted by Crippen LogP contribution is -2.18. The van der Waals surface area contributed by atoms with Crippen LogP contribution < -0.4 is 4.90 Å². The summed E-state index contributed by atoms with van der Waals surface area (Å²) in [5.74, 6) is 2.00. The maximum Gasteiger partial charge on any atom is 0.196 e. The van der Waals surface area contributed by atoms with E-state index in [0.717, 1.165) is 24.9 Å². The van der Waals surface area contributed by atoms with E-state index in [9.17, 15) is 4.79 Å². The van der Waals surface area contributed by atoms with Gasteiger partial charge in [0.25, 0.3) is 0 Å². The Bertz CT molecular complexity index is 343. The second-order valence-corrected chi connectivity index (χ2v) is 4.03. The van der Waals surface area contributed by atoms with Crippen molar-refractivity contribution >= 4 is 11.7 Å². The predicted molar refractivity (Wildman–Crippen MR) is 54.7 cm³/mol. The lowest BCUT2D eigenvalue weighted by Gasteiger charge is -2.13.